The van der Waals surface area contributed by atoms with Gasteiger partial charge in [0.15, 0.2) is 0 Å². The van der Waals surface area contributed by atoms with E-state index in [9.17, 15) is 4.79 Å². The van der Waals surface area contributed by atoms with E-state index in [1.807, 2.05) is 36.4 Å². The predicted octanol–water partition coefficient (Wildman–Crippen LogP) is 4.23. The second-order valence-corrected chi connectivity index (χ2v) is 4.64. The summed E-state index contributed by atoms with van der Waals surface area (Å²) in [5.74, 6) is 0. The van der Waals surface area contributed by atoms with Gasteiger partial charge in [0.25, 0.3) is 0 Å². The molecular weight excluding hydrogens is 282 g/mol. The van der Waals surface area contributed by atoms with Gasteiger partial charge in [-0.25, -0.2) is 4.79 Å². The number of methoxy groups -OCH3 is 1. The van der Waals surface area contributed by atoms with Gasteiger partial charge in [-0.3, -0.25) is 4.84 Å². The van der Waals surface area contributed by atoms with Crippen LogP contribution >= 0.6 is 0 Å². The summed E-state index contributed by atoms with van der Waals surface area (Å²) in [4.78, 5) is 16.8. The van der Waals surface area contributed by atoms with Crippen LogP contribution in [0.25, 0.3) is 22.1 Å². The maximum Gasteiger partial charge on any atom is 0.438 e. The number of hydrogen-bond acceptors (Lipinski definition) is 4. The van der Waals surface area contributed by atoms with E-state index in [4.69, 9.17) is 14.0 Å². The first-order chi connectivity index (χ1) is 10.7. The molecule has 5 heteroatoms. The van der Waals surface area contributed by atoms with Crippen LogP contribution in [0.2, 0.25) is 0 Å². The summed E-state index contributed by atoms with van der Waals surface area (Å²) in [5, 5.41) is 1.98. The van der Waals surface area contributed by atoms with Crippen LogP contribution in [-0.4, -0.2) is 20.3 Å². The Morgan fingerprint density at radius 2 is 1.86 bits per heavy atom. The lowest BCUT2D eigenvalue weighted by molar-refractivity contribution is 0.116. The van der Waals surface area contributed by atoms with E-state index in [0.717, 1.165) is 27.2 Å². The largest absolute Gasteiger partial charge is 0.464 e. The second-order valence-electron chi connectivity index (χ2n) is 4.64. The Labute approximate surface area is 127 Å². The second kappa shape index (κ2) is 5.91. The molecule has 0 N–H and O–H groups in total. The number of rotatable bonds is 3. The van der Waals surface area contributed by atoms with Gasteiger partial charge in [0.05, 0.1) is 26.2 Å². The zero-order valence-corrected chi connectivity index (χ0v) is 12.3. The third kappa shape index (κ3) is 2.42. The molecule has 1 heterocycles. The number of nitrogens with zero attached hydrogens (tertiary/aromatic N) is 1. The minimum Gasteiger partial charge on any atom is -0.464 e. The zero-order chi connectivity index (χ0) is 15.5. The van der Waals surface area contributed by atoms with Gasteiger partial charge in [-0.15, -0.1) is 0 Å². The van der Waals surface area contributed by atoms with Crippen molar-refractivity contribution in [1.82, 2.24) is 0 Å². The lowest BCUT2D eigenvalue weighted by atomic mass is 10.0. The molecule has 0 aliphatic carbocycles. The molecule has 5 nitrogen and oxygen atoms in total. The number of ether oxygens (including phenoxy) is 1. The van der Waals surface area contributed by atoms with Crippen LogP contribution in [0, 0.1) is 0 Å². The molecule has 112 valence electrons. The van der Waals surface area contributed by atoms with Gasteiger partial charge in [-0.1, -0.05) is 30.3 Å². The van der Waals surface area contributed by atoms with Crippen LogP contribution in [0.4, 0.5) is 10.5 Å². The molecular formula is C17H15NO4. The fourth-order valence-electron chi connectivity index (χ4n) is 2.35. The molecule has 0 radical (unpaired) electrons. The van der Waals surface area contributed by atoms with E-state index in [0.29, 0.717) is 5.69 Å². The van der Waals surface area contributed by atoms with Crippen molar-refractivity contribution in [2.75, 3.05) is 19.3 Å². The van der Waals surface area contributed by atoms with Gasteiger partial charge >= 0.3 is 6.09 Å². The van der Waals surface area contributed by atoms with Crippen molar-refractivity contribution >= 4 is 22.7 Å². The van der Waals surface area contributed by atoms with Crippen LogP contribution in [0.5, 0.6) is 0 Å². The van der Waals surface area contributed by atoms with Gasteiger partial charge in [-0.05, 0) is 23.8 Å². The van der Waals surface area contributed by atoms with Gasteiger partial charge < -0.3 is 9.15 Å². The van der Waals surface area contributed by atoms with Gasteiger partial charge in [-0.2, -0.15) is 5.06 Å². The van der Waals surface area contributed by atoms with E-state index >= 15 is 0 Å². The number of anilines is 1. The van der Waals surface area contributed by atoms with Crippen molar-refractivity contribution in [2.45, 2.75) is 0 Å². The molecule has 0 bridgehead atoms. The molecule has 3 aromatic rings. The quantitative estimate of drug-likeness (QED) is 0.679. The van der Waals surface area contributed by atoms with Crippen molar-refractivity contribution in [1.29, 1.82) is 0 Å². The molecule has 0 aliphatic rings. The van der Waals surface area contributed by atoms with Gasteiger partial charge in [0.1, 0.15) is 5.58 Å². The zero-order valence-electron chi connectivity index (χ0n) is 12.3. The van der Waals surface area contributed by atoms with E-state index in [-0.39, 0.29) is 0 Å². The van der Waals surface area contributed by atoms with Crippen molar-refractivity contribution < 1.29 is 18.8 Å². The van der Waals surface area contributed by atoms with Crippen molar-refractivity contribution in [2.24, 2.45) is 0 Å². The Morgan fingerprint density at radius 1 is 1.09 bits per heavy atom. The number of furan rings is 1. The highest BCUT2D eigenvalue weighted by atomic mass is 16.7. The average Bonchev–Trinajstić information content (AvgIpc) is 2.99. The molecule has 0 unspecified atom stereocenters. The van der Waals surface area contributed by atoms with Crippen LogP contribution in [0.1, 0.15) is 0 Å². The molecule has 0 spiro atoms. The van der Waals surface area contributed by atoms with E-state index in [1.54, 1.807) is 18.4 Å². The fourth-order valence-corrected chi connectivity index (χ4v) is 2.35. The molecule has 3 rings (SSSR count). The van der Waals surface area contributed by atoms with Gasteiger partial charge in [0.2, 0.25) is 0 Å². The Hall–Kier alpha value is -2.79. The van der Waals surface area contributed by atoms with Crippen molar-refractivity contribution in [3.8, 4) is 11.1 Å². The molecule has 1 amide bonds. The topological polar surface area (TPSA) is 51.9 Å². The highest BCUT2D eigenvalue weighted by Crippen LogP contribution is 2.33. The summed E-state index contributed by atoms with van der Waals surface area (Å²) >= 11 is 0. The van der Waals surface area contributed by atoms with E-state index in [2.05, 4.69) is 0 Å². The van der Waals surface area contributed by atoms with Crippen molar-refractivity contribution in [3.05, 3.63) is 54.8 Å². The normalized spacial score (nSPS) is 10.6. The first-order valence-electron chi connectivity index (χ1n) is 6.73. The lowest BCUT2D eigenvalue weighted by Crippen LogP contribution is -2.29. The summed E-state index contributed by atoms with van der Waals surface area (Å²) in [6, 6.07) is 15.3. The Kier molecular flexibility index (Phi) is 3.80. The molecule has 0 atom stereocenters. The molecule has 0 aliphatic heterocycles. The summed E-state index contributed by atoms with van der Waals surface area (Å²) in [6.07, 6.45) is 1.12. The summed E-state index contributed by atoms with van der Waals surface area (Å²) in [6.45, 7) is 0. The highest BCUT2D eigenvalue weighted by Gasteiger charge is 2.18. The minimum absolute atomic E-state index is 0.570. The minimum atomic E-state index is -0.591. The first kappa shape index (κ1) is 14.2. The highest BCUT2D eigenvalue weighted by molar-refractivity contribution is 5.97. The molecule has 0 saturated carbocycles. The Morgan fingerprint density at radius 3 is 2.55 bits per heavy atom. The Bertz CT molecular complexity index is 795. The summed E-state index contributed by atoms with van der Waals surface area (Å²) in [5.41, 5.74) is 3.31. The van der Waals surface area contributed by atoms with Crippen LogP contribution in [0.3, 0.4) is 0 Å². The van der Waals surface area contributed by atoms with E-state index in [1.165, 1.54) is 14.2 Å². The van der Waals surface area contributed by atoms with Gasteiger partial charge in [0, 0.05) is 10.9 Å². The third-order valence-corrected chi connectivity index (χ3v) is 3.40. The number of fused-ring (bicyclic) bond motifs is 1. The number of hydroxylamine groups is 1. The van der Waals surface area contributed by atoms with Crippen molar-refractivity contribution in [3.63, 3.8) is 0 Å². The smallest absolute Gasteiger partial charge is 0.438 e. The molecule has 22 heavy (non-hydrogen) atoms. The number of amides is 1. The van der Waals surface area contributed by atoms with Crippen LogP contribution in [-0.2, 0) is 9.57 Å². The SMILES string of the molecule is COC(=O)N(OC)c1ccc2occ(-c3ccccc3)c2c1. The molecule has 0 fully saturated rings. The predicted molar refractivity (Wildman–Crippen MR) is 83.5 cm³/mol. The number of benzene rings is 2. The van der Waals surface area contributed by atoms with Crippen LogP contribution in [0.15, 0.2) is 59.2 Å². The fraction of sp³-hybridized carbons (Fsp3) is 0.118. The maximum absolute atomic E-state index is 11.7. The average molecular weight is 297 g/mol. The van der Waals surface area contributed by atoms with Crippen LogP contribution < -0.4 is 5.06 Å². The number of carbonyl (C=O) groups is 1. The summed E-state index contributed by atoms with van der Waals surface area (Å²) in [7, 11) is 2.72. The number of hydrogen-bond donors (Lipinski definition) is 0. The lowest BCUT2D eigenvalue weighted by Gasteiger charge is -2.17. The first-order valence-corrected chi connectivity index (χ1v) is 6.73. The third-order valence-electron chi connectivity index (χ3n) is 3.40. The summed E-state index contributed by atoms with van der Waals surface area (Å²) < 4.78 is 10.3. The molecule has 1 aromatic heterocycles. The molecule has 0 saturated heterocycles. The maximum atomic E-state index is 11.7. The monoisotopic (exact) mass is 297 g/mol. The standard InChI is InChI=1S/C17H15NO4/c1-20-17(19)18(21-2)13-8-9-16-14(10-13)15(11-22-16)12-6-4-3-5-7-12/h3-11H,1-2H3. The number of carbonyl (C=O) groups excluding carboxylic acids is 1. The molecule has 2 aromatic carbocycles. The Balaban J connectivity index is 2.11. The van der Waals surface area contributed by atoms with E-state index < -0.39 is 6.09 Å².